The summed E-state index contributed by atoms with van der Waals surface area (Å²) in [6.45, 7) is 3.18. The SMILES string of the molecule is CNC(=O)c1ccc(NC(=O)c2ccc(S(=O)(=O)N3CCC(C)CC3)cc2)cc1. The molecule has 3 rings (SSSR count). The lowest BCUT2D eigenvalue weighted by Crippen LogP contribution is -2.37. The first kappa shape index (κ1) is 21.0. The summed E-state index contributed by atoms with van der Waals surface area (Å²) >= 11 is 0. The molecule has 0 saturated carbocycles. The van der Waals surface area contributed by atoms with Gasteiger partial charge in [0.05, 0.1) is 4.90 Å². The molecule has 0 bridgehead atoms. The lowest BCUT2D eigenvalue weighted by molar-refractivity contribution is 0.0962. The molecular weight excluding hydrogens is 390 g/mol. The highest BCUT2D eigenvalue weighted by molar-refractivity contribution is 7.89. The zero-order valence-electron chi connectivity index (χ0n) is 16.5. The number of amides is 2. The molecule has 0 aromatic heterocycles. The third-order valence-electron chi connectivity index (χ3n) is 5.13. The van der Waals surface area contributed by atoms with Crippen LogP contribution >= 0.6 is 0 Å². The number of rotatable bonds is 5. The predicted molar refractivity (Wildman–Crippen MR) is 111 cm³/mol. The largest absolute Gasteiger partial charge is 0.355 e. The lowest BCUT2D eigenvalue weighted by Gasteiger charge is -2.29. The van der Waals surface area contributed by atoms with E-state index in [9.17, 15) is 18.0 Å². The molecule has 154 valence electrons. The van der Waals surface area contributed by atoms with Crippen molar-refractivity contribution in [2.75, 3.05) is 25.5 Å². The Balaban J connectivity index is 1.68. The van der Waals surface area contributed by atoms with Crippen LogP contribution in [0.15, 0.2) is 53.4 Å². The molecule has 7 nitrogen and oxygen atoms in total. The van der Waals surface area contributed by atoms with Crippen LogP contribution in [0.1, 0.15) is 40.5 Å². The van der Waals surface area contributed by atoms with Gasteiger partial charge in [-0.25, -0.2) is 8.42 Å². The maximum atomic E-state index is 12.8. The number of hydrogen-bond acceptors (Lipinski definition) is 4. The van der Waals surface area contributed by atoms with Gasteiger partial charge in [-0.1, -0.05) is 6.92 Å². The maximum absolute atomic E-state index is 12.8. The van der Waals surface area contributed by atoms with E-state index in [1.165, 1.54) is 28.6 Å². The van der Waals surface area contributed by atoms with Gasteiger partial charge in [0.25, 0.3) is 11.8 Å². The Labute approximate surface area is 171 Å². The number of sulfonamides is 1. The Morgan fingerprint density at radius 3 is 1.97 bits per heavy atom. The fraction of sp³-hybridized carbons (Fsp3) is 0.333. The van der Waals surface area contributed by atoms with Crippen LogP contribution in [0.5, 0.6) is 0 Å². The Morgan fingerprint density at radius 1 is 0.897 bits per heavy atom. The second kappa shape index (κ2) is 8.75. The summed E-state index contributed by atoms with van der Waals surface area (Å²) in [4.78, 5) is 24.2. The summed E-state index contributed by atoms with van der Waals surface area (Å²) in [5.74, 6) is -0.0192. The van der Waals surface area contributed by atoms with Crippen LogP contribution in [-0.2, 0) is 10.0 Å². The summed E-state index contributed by atoms with van der Waals surface area (Å²) < 4.78 is 27.1. The van der Waals surface area contributed by atoms with Gasteiger partial charge < -0.3 is 10.6 Å². The van der Waals surface area contributed by atoms with E-state index in [1.807, 2.05) is 0 Å². The molecule has 0 unspecified atom stereocenters. The smallest absolute Gasteiger partial charge is 0.255 e. The molecular formula is C21H25N3O4S. The van der Waals surface area contributed by atoms with Crippen molar-refractivity contribution in [2.45, 2.75) is 24.7 Å². The van der Waals surface area contributed by atoms with Gasteiger partial charge in [0.15, 0.2) is 0 Å². The van der Waals surface area contributed by atoms with Crippen molar-refractivity contribution in [1.82, 2.24) is 9.62 Å². The van der Waals surface area contributed by atoms with E-state index in [2.05, 4.69) is 17.6 Å². The van der Waals surface area contributed by atoms with Crippen molar-refractivity contribution in [1.29, 1.82) is 0 Å². The molecule has 0 spiro atoms. The Kier molecular flexibility index (Phi) is 6.34. The third kappa shape index (κ3) is 4.83. The molecule has 2 N–H and O–H groups in total. The molecule has 1 aliphatic rings. The first-order valence-corrected chi connectivity index (χ1v) is 11.0. The van der Waals surface area contributed by atoms with Crippen molar-refractivity contribution in [3.63, 3.8) is 0 Å². The highest BCUT2D eigenvalue weighted by atomic mass is 32.2. The fourth-order valence-corrected chi connectivity index (χ4v) is 4.67. The maximum Gasteiger partial charge on any atom is 0.255 e. The first-order chi connectivity index (χ1) is 13.8. The summed E-state index contributed by atoms with van der Waals surface area (Å²) in [5, 5.41) is 5.27. The number of anilines is 1. The van der Waals surface area contributed by atoms with Gasteiger partial charge >= 0.3 is 0 Å². The molecule has 0 atom stereocenters. The van der Waals surface area contributed by atoms with E-state index < -0.39 is 10.0 Å². The average molecular weight is 416 g/mol. The van der Waals surface area contributed by atoms with Gasteiger partial charge in [0.2, 0.25) is 10.0 Å². The van der Waals surface area contributed by atoms with E-state index in [0.29, 0.717) is 35.8 Å². The molecule has 0 aliphatic carbocycles. The lowest BCUT2D eigenvalue weighted by atomic mass is 10.0. The summed E-state index contributed by atoms with van der Waals surface area (Å²) in [5.41, 5.74) is 1.39. The Bertz CT molecular complexity index is 978. The van der Waals surface area contributed by atoms with E-state index in [0.717, 1.165) is 12.8 Å². The van der Waals surface area contributed by atoms with Crippen molar-refractivity contribution in [3.05, 3.63) is 59.7 Å². The molecule has 8 heteroatoms. The fourth-order valence-electron chi connectivity index (χ4n) is 3.21. The third-order valence-corrected chi connectivity index (χ3v) is 7.04. The van der Waals surface area contributed by atoms with Crippen LogP contribution in [0.25, 0.3) is 0 Å². The van der Waals surface area contributed by atoms with Crippen LogP contribution in [0.2, 0.25) is 0 Å². The minimum absolute atomic E-state index is 0.193. The highest BCUT2D eigenvalue weighted by Crippen LogP contribution is 2.23. The van der Waals surface area contributed by atoms with Crippen LogP contribution in [0.3, 0.4) is 0 Å². The number of piperidine rings is 1. The Morgan fingerprint density at radius 2 is 1.41 bits per heavy atom. The van der Waals surface area contributed by atoms with Gasteiger partial charge in [-0.2, -0.15) is 4.31 Å². The van der Waals surface area contributed by atoms with Crippen LogP contribution in [-0.4, -0.2) is 44.7 Å². The molecule has 1 saturated heterocycles. The van der Waals surface area contributed by atoms with E-state index in [4.69, 9.17) is 0 Å². The molecule has 1 aliphatic heterocycles. The minimum Gasteiger partial charge on any atom is -0.355 e. The van der Waals surface area contributed by atoms with E-state index >= 15 is 0 Å². The number of carbonyl (C=O) groups excluding carboxylic acids is 2. The summed E-state index contributed by atoms with van der Waals surface area (Å²) in [7, 11) is -1.99. The molecule has 2 amide bonds. The number of nitrogens with zero attached hydrogens (tertiary/aromatic N) is 1. The highest BCUT2D eigenvalue weighted by Gasteiger charge is 2.28. The first-order valence-electron chi connectivity index (χ1n) is 9.55. The quantitative estimate of drug-likeness (QED) is 0.785. The molecule has 1 fully saturated rings. The molecule has 29 heavy (non-hydrogen) atoms. The van der Waals surface area contributed by atoms with Crippen LogP contribution < -0.4 is 10.6 Å². The zero-order chi connectivity index (χ0) is 21.0. The summed E-state index contributed by atoms with van der Waals surface area (Å²) in [6.07, 6.45) is 1.72. The summed E-state index contributed by atoms with van der Waals surface area (Å²) in [6, 6.07) is 12.5. The van der Waals surface area contributed by atoms with Gasteiger partial charge in [-0.05, 0) is 67.3 Å². The van der Waals surface area contributed by atoms with E-state index in [-0.39, 0.29) is 16.7 Å². The van der Waals surface area contributed by atoms with Gasteiger partial charge in [-0.15, -0.1) is 0 Å². The molecule has 0 radical (unpaired) electrons. The molecule has 2 aromatic rings. The number of hydrogen-bond donors (Lipinski definition) is 2. The number of nitrogens with one attached hydrogen (secondary N) is 2. The number of benzene rings is 2. The van der Waals surface area contributed by atoms with Crippen molar-refractivity contribution < 1.29 is 18.0 Å². The molecule has 2 aromatic carbocycles. The van der Waals surface area contributed by atoms with Gasteiger partial charge in [0.1, 0.15) is 0 Å². The van der Waals surface area contributed by atoms with Crippen molar-refractivity contribution in [2.24, 2.45) is 5.92 Å². The van der Waals surface area contributed by atoms with Crippen LogP contribution in [0.4, 0.5) is 5.69 Å². The predicted octanol–water partition coefficient (Wildman–Crippen LogP) is 2.72. The zero-order valence-corrected chi connectivity index (χ0v) is 17.3. The van der Waals surface area contributed by atoms with Gasteiger partial charge in [-0.3, -0.25) is 9.59 Å². The van der Waals surface area contributed by atoms with E-state index in [1.54, 1.807) is 31.3 Å². The standard InChI is InChI=1S/C21H25N3O4S/c1-15-11-13-24(14-12-15)29(27,28)19-9-5-17(6-10-19)21(26)23-18-7-3-16(4-8-18)20(25)22-2/h3-10,15H,11-14H2,1-2H3,(H,22,25)(H,23,26). The van der Waals surface area contributed by atoms with Crippen molar-refractivity contribution >= 4 is 27.5 Å². The second-order valence-corrected chi connectivity index (χ2v) is 9.16. The minimum atomic E-state index is -3.54. The van der Waals surface area contributed by atoms with Gasteiger partial charge in [0, 0.05) is 37.0 Å². The average Bonchev–Trinajstić information content (AvgIpc) is 2.74. The second-order valence-electron chi connectivity index (χ2n) is 7.22. The van der Waals surface area contributed by atoms with Crippen molar-refractivity contribution in [3.8, 4) is 0 Å². The molecule has 1 heterocycles. The van der Waals surface area contributed by atoms with Crippen LogP contribution in [0, 0.1) is 5.92 Å². The Hall–Kier alpha value is -2.71. The monoisotopic (exact) mass is 415 g/mol. The normalized spacial score (nSPS) is 15.7. The topological polar surface area (TPSA) is 95.6 Å². The number of carbonyl (C=O) groups is 2.